The predicted molar refractivity (Wildman–Crippen MR) is 132 cm³/mol. The molecule has 0 radical (unpaired) electrons. The molecule has 7 heteroatoms. The quantitative estimate of drug-likeness (QED) is 0.404. The molecule has 1 N–H and O–H groups in total. The minimum absolute atomic E-state index is 0.0259. The van der Waals surface area contributed by atoms with Gasteiger partial charge in [-0.2, -0.15) is 0 Å². The maximum absolute atomic E-state index is 13.5. The number of halogens is 1. The monoisotopic (exact) mass is 456 g/mol. The molecule has 0 aliphatic heterocycles. The highest BCUT2D eigenvalue weighted by Gasteiger charge is 2.19. The minimum atomic E-state index is -0.255. The van der Waals surface area contributed by atoms with Crippen molar-refractivity contribution < 1.29 is 4.79 Å². The van der Waals surface area contributed by atoms with Crippen molar-refractivity contribution in [1.82, 2.24) is 14.1 Å². The average molecular weight is 457 g/mol. The van der Waals surface area contributed by atoms with E-state index in [1.807, 2.05) is 55.5 Å². The van der Waals surface area contributed by atoms with Gasteiger partial charge in [-0.3, -0.25) is 14.2 Å². The number of aromatic nitrogens is 3. The largest absolute Gasteiger partial charge is 0.325 e. The van der Waals surface area contributed by atoms with Gasteiger partial charge < -0.3 is 9.88 Å². The lowest BCUT2D eigenvalue weighted by atomic mass is 10.1. The Balaban J connectivity index is 1.61. The van der Waals surface area contributed by atoms with E-state index < -0.39 is 0 Å². The molecule has 0 aliphatic carbocycles. The molecule has 0 aliphatic rings. The zero-order valence-electron chi connectivity index (χ0n) is 18.0. The molecule has 0 bridgehead atoms. The molecule has 5 rings (SSSR count). The Morgan fingerprint density at radius 2 is 1.85 bits per heavy atom. The Hall–Kier alpha value is -3.90. The van der Waals surface area contributed by atoms with E-state index in [-0.39, 0.29) is 18.0 Å². The van der Waals surface area contributed by atoms with Crippen molar-refractivity contribution in [3.63, 3.8) is 0 Å². The van der Waals surface area contributed by atoms with E-state index in [0.717, 1.165) is 22.0 Å². The van der Waals surface area contributed by atoms with Crippen LogP contribution in [-0.2, 0) is 17.9 Å². The third-order valence-corrected chi connectivity index (χ3v) is 5.82. The molecule has 0 spiro atoms. The molecular formula is C26H21ClN4O2. The molecule has 2 aromatic heterocycles. The van der Waals surface area contributed by atoms with Crippen LogP contribution in [0, 0.1) is 6.92 Å². The van der Waals surface area contributed by atoms with Crippen molar-refractivity contribution in [2.24, 2.45) is 0 Å². The number of nitrogens with zero attached hydrogens (tertiary/aromatic N) is 3. The summed E-state index contributed by atoms with van der Waals surface area (Å²) in [5.41, 5.74) is 4.27. The standard InChI is InChI=1S/C26H21ClN4O2/c1-17-10-11-22-21(12-17)24-25(26(33)30(16-28-24)14-18-6-3-2-4-7-18)31(22)15-23(32)29-20-9-5-8-19(27)13-20/h2-13,16H,14-15H2,1H3,(H,29,32). The maximum Gasteiger partial charge on any atom is 0.278 e. The van der Waals surface area contributed by atoms with Crippen molar-refractivity contribution in [3.05, 3.63) is 106 Å². The van der Waals surface area contributed by atoms with Gasteiger partial charge in [0, 0.05) is 16.1 Å². The zero-order valence-corrected chi connectivity index (χ0v) is 18.7. The smallest absolute Gasteiger partial charge is 0.278 e. The number of benzene rings is 3. The first-order valence-corrected chi connectivity index (χ1v) is 10.9. The summed E-state index contributed by atoms with van der Waals surface area (Å²) in [6.07, 6.45) is 1.58. The number of carbonyl (C=O) groups is 1. The Morgan fingerprint density at radius 1 is 1.03 bits per heavy atom. The fraction of sp³-hybridized carbons (Fsp3) is 0.115. The third-order valence-electron chi connectivity index (χ3n) is 5.59. The number of aryl methyl sites for hydroxylation is 1. The molecule has 3 aromatic carbocycles. The summed E-state index contributed by atoms with van der Waals surface area (Å²) in [6, 6.07) is 22.6. The summed E-state index contributed by atoms with van der Waals surface area (Å²) in [6.45, 7) is 2.37. The van der Waals surface area contributed by atoms with Crippen molar-refractivity contribution in [1.29, 1.82) is 0 Å². The predicted octanol–water partition coefficient (Wildman–Crippen LogP) is 5.00. The Morgan fingerprint density at radius 3 is 2.64 bits per heavy atom. The van der Waals surface area contributed by atoms with Crippen LogP contribution < -0.4 is 10.9 Å². The van der Waals surface area contributed by atoms with Crippen LogP contribution in [0.5, 0.6) is 0 Å². The lowest BCUT2D eigenvalue weighted by Crippen LogP contribution is -2.25. The van der Waals surface area contributed by atoms with E-state index in [2.05, 4.69) is 10.3 Å². The second kappa shape index (κ2) is 8.56. The van der Waals surface area contributed by atoms with Crippen LogP contribution >= 0.6 is 11.6 Å². The second-order valence-electron chi connectivity index (χ2n) is 8.03. The van der Waals surface area contributed by atoms with E-state index in [0.29, 0.717) is 28.3 Å². The molecule has 0 saturated carbocycles. The summed E-state index contributed by atoms with van der Waals surface area (Å²) in [7, 11) is 0. The number of hydrogen-bond donors (Lipinski definition) is 1. The number of rotatable bonds is 5. The molecule has 33 heavy (non-hydrogen) atoms. The lowest BCUT2D eigenvalue weighted by Gasteiger charge is -2.10. The van der Waals surface area contributed by atoms with E-state index in [1.54, 1.807) is 39.7 Å². The summed E-state index contributed by atoms with van der Waals surface area (Å²) in [5, 5.41) is 4.25. The van der Waals surface area contributed by atoms with Crippen molar-refractivity contribution in [2.75, 3.05) is 5.32 Å². The highest BCUT2D eigenvalue weighted by Crippen LogP contribution is 2.27. The Labute approximate surface area is 195 Å². The van der Waals surface area contributed by atoms with E-state index in [4.69, 9.17) is 11.6 Å². The van der Waals surface area contributed by atoms with Crippen LogP contribution in [0.3, 0.4) is 0 Å². The van der Waals surface area contributed by atoms with Gasteiger partial charge in [-0.1, -0.05) is 59.6 Å². The van der Waals surface area contributed by atoms with Crippen LogP contribution in [0.2, 0.25) is 5.02 Å². The van der Waals surface area contributed by atoms with E-state index in [9.17, 15) is 9.59 Å². The summed E-state index contributed by atoms with van der Waals surface area (Å²) < 4.78 is 3.33. The molecule has 2 heterocycles. The van der Waals surface area contributed by atoms with Gasteiger partial charge in [-0.15, -0.1) is 0 Å². The number of fused-ring (bicyclic) bond motifs is 3. The number of hydrogen-bond acceptors (Lipinski definition) is 3. The van der Waals surface area contributed by atoms with Crippen LogP contribution in [0.15, 0.2) is 83.9 Å². The molecule has 1 amide bonds. The molecule has 5 aromatic rings. The van der Waals surface area contributed by atoms with Crippen molar-refractivity contribution in [2.45, 2.75) is 20.0 Å². The molecule has 164 valence electrons. The summed E-state index contributed by atoms with van der Waals surface area (Å²) in [4.78, 5) is 31.1. The molecular weight excluding hydrogens is 436 g/mol. The molecule has 0 atom stereocenters. The van der Waals surface area contributed by atoms with Crippen LogP contribution in [0.4, 0.5) is 5.69 Å². The van der Waals surface area contributed by atoms with Gasteiger partial charge in [-0.25, -0.2) is 4.98 Å². The molecule has 0 saturated heterocycles. The minimum Gasteiger partial charge on any atom is -0.325 e. The van der Waals surface area contributed by atoms with Gasteiger partial charge in [0.15, 0.2) is 0 Å². The van der Waals surface area contributed by atoms with Gasteiger partial charge >= 0.3 is 0 Å². The molecule has 0 unspecified atom stereocenters. The Bertz CT molecular complexity index is 1550. The van der Waals surface area contributed by atoms with Gasteiger partial charge in [0.05, 0.1) is 18.4 Å². The topological polar surface area (TPSA) is 68.9 Å². The van der Waals surface area contributed by atoms with Crippen molar-refractivity contribution >= 4 is 45.1 Å². The average Bonchev–Trinajstić information content (AvgIpc) is 3.09. The van der Waals surface area contributed by atoms with Crippen LogP contribution in [-0.4, -0.2) is 20.0 Å². The maximum atomic E-state index is 13.5. The van der Waals surface area contributed by atoms with Gasteiger partial charge in [0.25, 0.3) is 5.56 Å². The van der Waals surface area contributed by atoms with Crippen LogP contribution in [0.25, 0.3) is 21.9 Å². The molecule has 0 fully saturated rings. The van der Waals surface area contributed by atoms with Gasteiger partial charge in [0.2, 0.25) is 5.91 Å². The SMILES string of the molecule is Cc1ccc2c(c1)c1ncn(Cc3ccccc3)c(=O)c1n2CC(=O)Nc1cccc(Cl)c1. The zero-order chi connectivity index (χ0) is 22.9. The highest BCUT2D eigenvalue weighted by molar-refractivity contribution is 6.30. The fourth-order valence-electron chi connectivity index (χ4n) is 4.08. The van der Waals surface area contributed by atoms with Gasteiger partial charge in [0.1, 0.15) is 17.6 Å². The van der Waals surface area contributed by atoms with E-state index >= 15 is 0 Å². The third kappa shape index (κ3) is 4.13. The number of amides is 1. The number of anilines is 1. The van der Waals surface area contributed by atoms with Crippen LogP contribution in [0.1, 0.15) is 11.1 Å². The Kier molecular flexibility index (Phi) is 5.44. The number of nitrogens with one attached hydrogen (secondary N) is 1. The fourth-order valence-corrected chi connectivity index (χ4v) is 4.27. The first-order valence-electron chi connectivity index (χ1n) is 10.6. The van der Waals surface area contributed by atoms with Gasteiger partial charge in [-0.05, 0) is 42.8 Å². The second-order valence-corrected chi connectivity index (χ2v) is 8.46. The normalized spacial score (nSPS) is 11.2. The van der Waals surface area contributed by atoms with E-state index in [1.165, 1.54) is 0 Å². The number of carbonyl (C=O) groups excluding carboxylic acids is 1. The first-order chi connectivity index (χ1) is 16.0. The highest BCUT2D eigenvalue weighted by atomic mass is 35.5. The first kappa shape index (κ1) is 21.0. The molecule has 6 nitrogen and oxygen atoms in total. The lowest BCUT2D eigenvalue weighted by molar-refractivity contribution is -0.116. The summed E-state index contributed by atoms with van der Waals surface area (Å²) >= 11 is 6.04. The van der Waals surface area contributed by atoms with Crippen molar-refractivity contribution in [3.8, 4) is 0 Å². The summed E-state index contributed by atoms with van der Waals surface area (Å²) in [5.74, 6) is -0.255.